The van der Waals surface area contributed by atoms with Gasteiger partial charge in [-0.05, 0) is 87.1 Å². The molecule has 6 aromatic rings. The van der Waals surface area contributed by atoms with Crippen LogP contribution in [0.1, 0.15) is 34.5 Å². The fourth-order valence-corrected chi connectivity index (χ4v) is 4.91. The number of nitrogens with zero attached hydrogens (tertiary/aromatic N) is 6. The van der Waals surface area contributed by atoms with E-state index in [2.05, 4.69) is 61.6 Å². The number of benzene rings is 2. The van der Waals surface area contributed by atoms with Crippen LogP contribution in [0.2, 0.25) is 0 Å². The number of aromatic nitrogens is 5. The molecule has 0 aliphatic rings. The van der Waals surface area contributed by atoms with Crippen LogP contribution in [-0.2, 0) is 6.54 Å². The summed E-state index contributed by atoms with van der Waals surface area (Å²) in [6.07, 6.45) is 6.12. The van der Waals surface area contributed by atoms with E-state index in [0.29, 0.717) is 17.7 Å². The highest BCUT2D eigenvalue weighted by Gasteiger charge is 2.18. The molecule has 0 fully saturated rings. The first-order chi connectivity index (χ1) is 22.6. The van der Waals surface area contributed by atoms with Crippen LogP contribution in [0.3, 0.4) is 0 Å². The fourth-order valence-electron chi connectivity index (χ4n) is 4.91. The number of pyridine rings is 3. The van der Waals surface area contributed by atoms with Crippen LogP contribution in [0.4, 0.5) is 5.82 Å². The summed E-state index contributed by atoms with van der Waals surface area (Å²) in [6, 6.07) is 31.5. The molecule has 2 aromatic carbocycles. The maximum atomic E-state index is 10.2. The Kier molecular flexibility index (Phi) is 10.9. The number of hydrogen-bond donors (Lipinski definition) is 3. The number of carbonyl (C=O) groups excluding carboxylic acids is 1. The van der Waals surface area contributed by atoms with Gasteiger partial charge in [-0.1, -0.05) is 42.5 Å². The molecule has 10 nitrogen and oxygen atoms in total. The number of nitrogens with one attached hydrogen (secondary N) is 2. The number of unbranched alkanes of at least 4 members (excludes halogenated alkanes) is 1. The summed E-state index contributed by atoms with van der Waals surface area (Å²) in [4.78, 5) is 28.1. The van der Waals surface area contributed by atoms with Crippen molar-refractivity contribution in [1.29, 1.82) is 5.26 Å². The average Bonchev–Trinajstić information content (AvgIpc) is 3.49. The molecule has 6 rings (SSSR count). The average molecular weight is 610 g/mol. The summed E-state index contributed by atoms with van der Waals surface area (Å²) in [6.45, 7) is 2.90. The molecule has 0 aliphatic carbocycles. The normalized spacial score (nSPS) is 10.6. The van der Waals surface area contributed by atoms with Gasteiger partial charge in [0.15, 0.2) is 23.5 Å². The Labute approximate surface area is 268 Å². The highest BCUT2D eigenvalue weighted by Crippen LogP contribution is 2.31. The summed E-state index contributed by atoms with van der Waals surface area (Å²) in [7, 11) is 1.99. The number of nitrogen functional groups attached to an aromatic ring is 1. The van der Waals surface area contributed by atoms with E-state index in [1.165, 1.54) is 18.2 Å². The zero-order chi connectivity index (χ0) is 32.1. The van der Waals surface area contributed by atoms with Crippen molar-refractivity contribution in [2.24, 2.45) is 0 Å². The van der Waals surface area contributed by atoms with Gasteiger partial charge in [-0.2, -0.15) is 5.26 Å². The third-order valence-electron chi connectivity index (χ3n) is 7.28. The molecule has 0 aliphatic heterocycles. The topological polar surface area (TPSA) is 147 Å². The molecular formula is C36H35N9O. The minimum Gasteiger partial charge on any atom is -0.383 e. The minimum atomic E-state index is 0.178. The van der Waals surface area contributed by atoms with Crippen LogP contribution in [0.5, 0.6) is 0 Å². The Hall–Kier alpha value is -5.76. The zero-order valence-corrected chi connectivity index (χ0v) is 25.6. The van der Waals surface area contributed by atoms with Crippen molar-refractivity contribution in [3.63, 3.8) is 0 Å². The standard InChI is InChI=1S/C29H31N7.C7H4N2O/c1-31-17-5-6-18-32-20-21-11-13-23(14-12-21)36-28(24-10-7-19-33-27(24)30)35-26-16-15-25(34-29(26)36)22-8-3-2-4-9-22;8-4-7-6(5-10)2-1-3-9-7/h2-4,7-16,19,31-32H,5-6,17-18,20H2,1H3,(H2,30,33);1-3,5H. The Bertz CT molecular complexity index is 1930. The monoisotopic (exact) mass is 609 g/mol. The summed E-state index contributed by atoms with van der Waals surface area (Å²) in [5.74, 6) is 1.17. The van der Waals surface area contributed by atoms with Crippen LogP contribution in [-0.4, -0.2) is 50.9 Å². The van der Waals surface area contributed by atoms with Gasteiger partial charge in [0, 0.05) is 30.2 Å². The van der Waals surface area contributed by atoms with Gasteiger partial charge in [0.05, 0.1) is 16.8 Å². The molecule has 4 aromatic heterocycles. The van der Waals surface area contributed by atoms with Crippen molar-refractivity contribution < 1.29 is 4.79 Å². The molecule has 0 spiro atoms. The minimum absolute atomic E-state index is 0.178. The van der Waals surface area contributed by atoms with Gasteiger partial charge in [0.1, 0.15) is 17.4 Å². The number of aldehydes is 1. The van der Waals surface area contributed by atoms with Gasteiger partial charge >= 0.3 is 0 Å². The first kappa shape index (κ1) is 31.7. The van der Waals surface area contributed by atoms with Crippen LogP contribution in [0, 0.1) is 11.3 Å². The van der Waals surface area contributed by atoms with Crippen LogP contribution >= 0.6 is 0 Å². The molecule has 230 valence electrons. The van der Waals surface area contributed by atoms with Crippen LogP contribution in [0.15, 0.2) is 103 Å². The SMILES string of the molecule is CNCCCCNCc1ccc(-n2c(-c3cccnc3N)nc3ccc(-c4ccccc4)nc32)cc1.N#Cc1ncccc1C=O. The highest BCUT2D eigenvalue weighted by molar-refractivity contribution is 5.84. The number of nitriles is 1. The van der Waals surface area contributed by atoms with E-state index in [4.69, 9.17) is 21.0 Å². The number of anilines is 1. The third kappa shape index (κ3) is 7.65. The zero-order valence-electron chi connectivity index (χ0n) is 25.6. The van der Waals surface area contributed by atoms with Gasteiger partial charge in [0.2, 0.25) is 0 Å². The molecule has 46 heavy (non-hydrogen) atoms. The second-order valence-corrected chi connectivity index (χ2v) is 10.4. The Balaban J connectivity index is 0.000000356. The number of hydrogen-bond acceptors (Lipinski definition) is 9. The van der Waals surface area contributed by atoms with Crippen LogP contribution in [0.25, 0.3) is 39.5 Å². The van der Waals surface area contributed by atoms with Crippen molar-refractivity contribution in [2.45, 2.75) is 19.4 Å². The van der Waals surface area contributed by atoms with Gasteiger partial charge in [-0.25, -0.2) is 19.9 Å². The van der Waals surface area contributed by atoms with E-state index in [-0.39, 0.29) is 5.69 Å². The molecule has 0 bridgehead atoms. The smallest absolute Gasteiger partial charge is 0.165 e. The van der Waals surface area contributed by atoms with E-state index in [1.807, 2.05) is 49.5 Å². The van der Waals surface area contributed by atoms with E-state index < -0.39 is 0 Å². The number of imidazole rings is 1. The molecule has 0 saturated heterocycles. The molecule has 4 heterocycles. The summed E-state index contributed by atoms with van der Waals surface area (Å²) < 4.78 is 2.07. The van der Waals surface area contributed by atoms with E-state index in [0.717, 1.165) is 65.6 Å². The quantitative estimate of drug-likeness (QED) is 0.126. The maximum absolute atomic E-state index is 10.2. The lowest BCUT2D eigenvalue weighted by Gasteiger charge is -2.12. The number of carbonyl (C=O) groups is 1. The lowest BCUT2D eigenvalue weighted by molar-refractivity contribution is 0.112. The summed E-state index contributed by atoms with van der Waals surface area (Å²) in [5, 5.41) is 15.1. The van der Waals surface area contributed by atoms with E-state index in [1.54, 1.807) is 24.4 Å². The predicted octanol–water partition coefficient (Wildman–Crippen LogP) is 5.59. The fraction of sp³-hybridized carbons (Fsp3) is 0.167. The second-order valence-electron chi connectivity index (χ2n) is 10.4. The first-order valence-electron chi connectivity index (χ1n) is 15.0. The van der Waals surface area contributed by atoms with E-state index in [9.17, 15) is 4.79 Å². The summed E-state index contributed by atoms with van der Waals surface area (Å²) >= 11 is 0. The van der Waals surface area contributed by atoms with Gasteiger partial charge in [-0.15, -0.1) is 0 Å². The van der Waals surface area contributed by atoms with Crippen molar-refractivity contribution in [3.05, 3.63) is 120 Å². The Morgan fingerprint density at radius 3 is 2.35 bits per heavy atom. The number of fused-ring (bicyclic) bond motifs is 1. The van der Waals surface area contributed by atoms with Gasteiger partial charge < -0.3 is 16.4 Å². The molecule has 10 heteroatoms. The Morgan fingerprint density at radius 1 is 0.870 bits per heavy atom. The van der Waals surface area contributed by atoms with Gasteiger partial charge in [-0.3, -0.25) is 9.36 Å². The highest BCUT2D eigenvalue weighted by atomic mass is 16.1. The lowest BCUT2D eigenvalue weighted by Crippen LogP contribution is -2.16. The predicted molar refractivity (Wildman–Crippen MR) is 181 cm³/mol. The molecule has 0 atom stereocenters. The third-order valence-corrected chi connectivity index (χ3v) is 7.28. The maximum Gasteiger partial charge on any atom is 0.165 e. The number of nitrogens with two attached hydrogens (primary N) is 1. The molecule has 0 unspecified atom stereocenters. The van der Waals surface area contributed by atoms with Gasteiger partial charge in [0.25, 0.3) is 0 Å². The molecule has 0 saturated carbocycles. The largest absolute Gasteiger partial charge is 0.383 e. The van der Waals surface area contributed by atoms with Crippen molar-refractivity contribution >= 4 is 23.3 Å². The molecule has 0 radical (unpaired) electrons. The van der Waals surface area contributed by atoms with E-state index >= 15 is 0 Å². The lowest BCUT2D eigenvalue weighted by atomic mass is 10.1. The molecular weight excluding hydrogens is 574 g/mol. The molecule has 4 N–H and O–H groups in total. The van der Waals surface area contributed by atoms with Crippen molar-refractivity contribution in [2.75, 3.05) is 25.9 Å². The Morgan fingerprint density at radius 2 is 1.63 bits per heavy atom. The van der Waals surface area contributed by atoms with Crippen molar-refractivity contribution in [3.8, 4) is 34.4 Å². The number of rotatable bonds is 11. The van der Waals surface area contributed by atoms with Crippen molar-refractivity contribution in [1.82, 2.24) is 35.1 Å². The molecule has 0 amide bonds. The first-order valence-corrected chi connectivity index (χ1v) is 15.0. The van der Waals surface area contributed by atoms with Crippen LogP contribution < -0.4 is 16.4 Å². The second kappa shape index (κ2) is 15.8. The summed E-state index contributed by atoms with van der Waals surface area (Å²) in [5.41, 5.74) is 13.3.